The summed E-state index contributed by atoms with van der Waals surface area (Å²) in [5.41, 5.74) is 1.08. The SMILES string of the molecule is COc1ccc(CNC(C)C(OC)OC)cc1Cl. The molecule has 1 atom stereocenters. The lowest BCUT2D eigenvalue weighted by atomic mass is 10.2. The van der Waals surface area contributed by atoms with E-state index in [2.05, 4.69) is 5.32 Å². The molecule has 0 heterocycles. The van der Waals surface area contributed by atoms with E-state index in [0.717, 1.165) is 5.56 Å². The Kier molecular flexibility index (Phi) is 6.43. The van der Waals surface area contributed by atoms with Crippen LogP contribution in [-0.2, 0) is 16.0 Å². The third-order valence-electron chi connectivity index (χ3n) is 2.72. The molecule has 0 aliphatic rings. The van der Waals surface area contributed by atoms with Crippen LogP contribution in [-0.4, -0.2) is 33.7 Å². The summed E-state index contributed by atoms with van der Waals surface area (Å²) in [4.78, 5) is 0. The first-order valence-corrected chi connectivity index (χ1v) is 6.11. The van der Waals surface area contributed by atoms with Gasteiger partial charge in [0.1, 0.15) is 5.75 Å². The highest BCUT2D eigenvalue weighted by Crippen LogP contribution is 2.24. The molecule has 0 amide bonds. The number of halogens is 1. The molecule has 0 radical (unpaired) electrons. The zero-order valence-corrected chi connectivity index (χ0v) is 12.0. The lowest BCUT2D eigenvalue weighted by Gasteiger charge is -2.22. The monoisotopic (exact) mass is 273 g/mol. The minimum Gasteiger partial charge on any atom is -0.495 e. The Morgan fingerprint density at radius 1 is 1.22 bits per heavy atom. The zero-order chi connectivity index (χ0) is 13.5. The topological polar surface area (TPSA) is 39.7 Å². The van der Waals surface area contributed by atoms with Gasteiger partial charge in [-0.1, -0.05) is 17.7 Å². The Bertz CT molecular complexity index is 369. The Balaban J connectivity index is 2.55. The second-order valence-electron chi connectivity index (χ2n) is 3.98. The highest BCUT2D eigenvalue weighted by Gasteiger charge is 2.14. The van der Waals surface area contributed by atoms with Gasteiger partial charge in [0.15, 0.2) is 6.29 Å². The second kappa shape index (κ2) is 7.59. The molecule has 1 aromatic rings. The van der Waals surface area contributed by atoms with Crippen molar-refractivity contribution in [3.05, 3.63) is 28.8 Å². The molecule has 1 unspecified atom stereocenters. The Morgan fingerprint density at radius 3 is 2.39 bits per heavy atom. The van der Waals surface area contributed by atoms with Crippen molar-refractivity contribution in [3.8, 4) is 5.75 Å². The van der Waals surface area contributed by atoms with Gasteiger partial charge >= 0.3 is 0 Å². The van der Waals surface area contributed by atoms with E-state index >= 15 is 0 Å². The highest BCUT2D eigenvalue weighted by atomic mass is 35.5. The van der Waals surface area contributed by atoms with Gasteiger partial charge in [0.05, 0.1) is 18.2 Å². The minimum absolute atomic E-state index is 0.0841. The standard InChI is InChI=1S/C13H20ClNO3/c1-9(13(17-3)18-4)15-8-10-5-6-12(16-2)11(14)7-10/h5-7,9,13,15H,8H2,1-4H3. The van der Waals surface area contributed by atoms with Gasteiger partial charge in [-0.3, -0.25) is 0 Å². The van der Waals surface area contributed by atoms with E-state index in [0.29, 0.717) is 17.3 Å². The van der Waals surface area contributed by atoms with Crippen molar-refractivity contribution in [2.45, 2.75) is 25.8 Å². The quantitative estimate of drug-likeness (QED) is 0.775. The van der Waals surface area contributed by atoms with Gasteiger partial charge in [-0.15, -0.1) is 0 Å². The molecule has 0 aromatic heterocycles. The van der Waals surface area contributed by atoms with Crippen LogP contribution in [0.4, 0.5) is 0 Å². The van der Waals surface area contributed by atoms with E-state index in [9.17, 15) is 0 Å². The van der Waals surface area contributed by atoms with Crippen LogP contribution in [0, 0.1) is 0 Å². The van der Waals surface area contributed by atoms with Crippen molar-refractivity contribution in [3.63, 3.8) is 0 Å². The first-order chi connectivity index (χ1) is 8.62. The smallest absolute Gasteiger partial charge is 0.171 e. The summed E-state index contributed by atoms with van der Waals surface area (Å²) in [5.74, 6) is 0.681. The van der Waals surface area contributed by atoms with Gasteiger partial charge in [0.25, 0.3) is 0 Å². The summed E-state index contributed by atoms with van der Waals surface area (Å²) >= 11 is 6.06. The molecule has 5 heteroatoms. The molecule has 0 aliphatic heterocycles. The number of hydrogen-bond donors (Lipinski definition) is 1. The molecular weight excluding hydrogens is 254 g/mol. The summed E-state index contributed by atoms with van der Waals surface area (Å²) in [7, 11) is 4.84. The average molecular weight is 274 g/mol. The average Bonchev–Trinajstić information content (AvgIpc) is 2.38. The first kappa shape index (κ1) is 15.2. The molecule has 102 valence electrons. The van der Waals surface area contributed by atoms with E-state index in [1.807, 2.05) is 25.1 Å². The fourth-order valence-corrected chi connectivity index (χ4v) is 1.98. The number of rotatable bonds is 7. The Morgan fingerprint density at radius 2 is 1.89 bits per heavy atom. The van der Waals surface area contributed by atoms with Crippen molar-refractivity contribution in [1.82, 2.24) is 5.32 Å². The van der Waals surface area contributed by atoms with E-state index < -0.39 is 0 Å². The molecule has 1 aromatic carbocycles. The molecule has 0 saturated heterocycles. The maximum atomic E-state index is 6.06. The lowest BCUT2D eigenvalue weighted by Crippen LogP contribution is -2.39. The summed E-state index contributed by atoms with van der Waals surface area (Å²) in [6.07, 6.45) is -0.265. The third kappa shape index (κ3) is 4.14. The normalized spacial score (nSPS) is 12.8. The van der Waals surface area contributed by atoms with Crippen LogP contribution in [0.1, 0.15) is 12.5 Å². The van der Waals surface area contributed by atoms with E-state index in [4.69, 9.17) is 25.8 Å². The number of benzene rings is 1. The summed E-state index contributed by atoms with van der Waals surface area (Å²) in [6, 6.07) is 5.79. The third-order valence-corrected chi connectivity index (χ3v) is 3.01. The largest absolute Gasteiger partial charge is 0.495 e. The van der Waals surface area contributed by atoms with Crippen LogP contribution in [0.3, 0.4) is 0 Å². The first-order valence-electron chi connectivity index (χ1n) is 5.73. The molecule has 1 N–H and O–H groups in total. The molecule has 0 spiro atoms. The van der Waals surface area contributed by atoms with Crippen LogP contribution in [0.5, 0.6) is 5.75 Å². The number of ether oxygens (including phenoxy) is 3. The molecule has 4 nitrogen and oxygen atoms in total. The molecular formula is C13H20ClNO3. The van der Waals surface area contributed by atoms with Crippen molar-refractivity contribution >= 4 is 11.6 Å². The maximum Gasteiger partial charge on any atom is 0.171 e. The molecule has 0 saturated carbocycles. The second-order valence-corrected chi connectivity index (χ2v) is 4.39. The molecule has 1 rings (SSSR count). The number of methoxy groups -OCH3 is 3. The van der Waals surface area contributed by atoms with E-state index in [-0.39, 0.29) is 12.3 Å². The maximum absolute atomic E-state index is 6.06. The number of nitrogens with one attached hydrogen (secondary N) is 1. The van der Waals surface area contributed by atoms with Gasteiger partial charge in [-0.2, -0.15) is 0 Å². The number of hydrogen-bond acceptors (Lipinski definition) is 4. The fourth-order valence-electron chi connectivity index (χ4n) is 1.70. The van der Waals surface area contributed by atoms with Crippen molar-refractivity contribution in [1.29, 1.82) is 0 Å². The fraction of sp³-hybridized carbons (Fsp3) is 0.538. The highest BCUT2D eigenvalue weighted by molar-refractivity contribution is 6.32. The molecule has 0 aliphatic carbocycles. The van der Waals surface area contributed by atoms with Crippen LogP contribution in [0.15, 0.2) is 18.2 Å². The molecule has 0 bridgehead atoms. The van der Waals surface area contributed by atoms with Crippen LogP contribution in [0.2, 0.25) is 5.02 Å². The summed E-state index contributed by atoms with van der Waals surface area (Å²) in [6.45, 7) is 2.69. The Hall–Kier alpha value is -0.810. The predicted molar refractivity (Wildman–Crippen MR) is 72.1 cm³/mol. The van der Waals surface area contributed by atoms with Gasteiger partial charge in [-0.25, -0.2) is 0 Å². The van der Waals surface area contributed by atoms with E-state index in [1.54, 1.807) is 21.3 Å². The summed E-state index contributed by atoms with van der Waals surface area (Å²) in [5, 5.41) is 3.93. The Labute approximate surface area is 113 Å². The predicted octanol–water partition coefficient (Wildman–Crippen LogP) is 2.45. The summed E-state index contributed by atoms with van der Waals surface area (Å²) < 4.78 is 15.5. The van der Waals surface area contributed by atoms with Gasteiger partial charge in [0.2, 0.25) is 0 Å². The van der Waals surface area contributed by atoms with Crippen LogP contribution in [0.25, 0.3) is 0 Å². The van der Waals surface area contributed by atoms with Crippen LogP contribution < -0.4 is 10.1 Å². The van der Waals surface area contributed by atoms with Crippen molar-refractivity contribution < 1.29 is 14.2 Å². The minimum atomic E-state index is -0.265. The van der Waals surface area contributed by atoms with Gasteiger partial charge in [0, 0.05) is 20.8 Å². The van der Waals surface area contributed by atoms with Crippen LogP contribution >= 0.6 is 11.6 Å². The van der Waals surface area contributed by atoms with Gasteiger partial charge < -0.3 is 19.5 Å². The van der Waals surface area contributed by atoms with Crippen molar-refractivity contribution in [2.75, 3.05) is 21.3 Å². The lowest BCUT2D eigenvalue weighted by molar-refractivity contribution is -0.119. The van der Waals surface area contributed by atoms with E-state index in [1.165, 1.54) is 0 Å². The van der Waals surface area contributed by atoms with Crippen molar-refractivity contribution in [2.24, 2.45) is 0 Å². The van der Waals surface area contributed by atoms with Gasteiger partial charge in [-0.05, 0) is 24.6 Å². The molecule has 0 fully saturated rings. The molecule has 18 heavy (non-hydrogen) atoms. The zero-order valence-electron chi connectivity index (χ0n) is 11.2.